The highest BCUT2D eigenvalue weighted by Gasteiger charge is 2.31. The van der Waals surface area contributed by atoms with Gasteiger partial charge in [0.05, 0.1) is 24.8 Å². The van der Waals surface area contributed by atoms with Crippen molar-refractivity contribution in [2.45, 2.75) is 12.7 Å². The molecule has 3 aromatic rings. The van der Waals surface area contributed by atoms with Crippen LogP contribution in [-0.2, 0) is 12.7 Å². The summed E-state index contributed by atoms with van der Waals surface area (Å²) < 4.78 is 49.4. The van der Waals surface area contributed by atoms with E-state index < -0.39 is 17.6 Å². The molecule has 1 N–H and O–H groups in total. The third kappa shape index (κ3) is 4.02. The van der Waals surface area contributed by atoms with Crippen molar-refractivity contribution < 1.29 is 27.4 Å². The molecule has 3 rings (SSSR count). The minimum Gasteiger partial charge on any atom is -0.497 e. The molecule has 148 valence electrons. The lowest BCUT2D eigenvalue weighted by Gasteiger charge is -2.11. The van der Waals surface area contributed by atoms with E-state index in [-0.39, 0.29) is 16.4 Å². The van der Waals surface area contributed by atoms with Gasteiger partial charge in [0.2, 0.25) is 0 Å². The van der Waals surface area contributed by atoms with Crippen molar-refractivity contribution in [2.24, 2.45) is 0 Å². The van der Waals surface area contributed by atoms with E-state index in [0.29, 0.717) is 27.1 Å². The van der Waals surface area contributed by atoms with E-state index in [1.54, 1.807) is 18.2 Å². The summed E-state index contributed by atoms with van der Waals surface area (Å²) in [6, 6.07) is 8.39. The first-order valence-electron chi connectivity index (χ1n) is 8.03. The van der Waals surface area contributed by atoms with Gasteiger partial charge in [-0.15, -0.1) is 11.3 Å². The molecule has 0 radical (unpaired) electrons. The van der Waals surface area contributed by atoms with Crippen LogP contribution in [-0.4, -0.2) is 20.1 Å². The molecule has 2 aromatic carbocycles. The van der Waals surface area contributed by atoms with Crippen LogP contribution >= 0.6 is 22.9 Å². The van der Waals surface area contributed by atoms with Gasteiger partial charge >= 0.3 is 6.18 Å². The zero-order valence-corrected chi connectivity index (χ0v) is 16.4. The topological polar surface area (TPSA) is 47.6 Å². The molecule has 0 atom stereocenters. The average molecular weight is 430 g/mol. The second-order valence-electron chi connectivity index (χ2n) is 5.81. The van der Waals surface area contributed by atoms with E-state index in [9.17, 15) is 18.0 Å². The van der Waals surface area contributed by atoms with Crippen LogP contribution in [0.15, 0.2) is 36.4 Å². The summed E-state index contributed by atoms with van der Waals surface area (Å²) in [5.74, 6) is 0.675. The fourth-order valence-electron chi connectivity index (χ4n) is 2.64. The summed E-state index contributed by atoms with van der Waals surface area (Å²) in [5, 5.41) is 3.26. The van der Waals surface area contributed by atoms with Crippen LogP contribution in [0, 0.1) is 0 Å². The van der Waals surface area contributed by atoms with E-state index in [2.05, 4.69) is 5.32 Å². The predicted octanol–water partition coefficient (Wildman–Crippen LogP) is 5.52. The Hall–Kier alpha value is -2.45. The number of halogens is 4. The molecule has 1 aromatic heterocycles. The van der Waals surface area contributed by atoms with E-state index in [1.165, 1.54) is 20.3 Å². The lowest BCUT2D eigenvalue weighted by atomic mass is 10.1. The Morgan fingerprint density at radius 2 is 1.89 bits per heavy atom. The molecule has 0 aliphatic carbocycles. The Labute approximate surface area is 167 Å². The first-order chi connectivity index (χ1) is 13.2. The average Bonchev–Trinajstić information content (AvgIpc) is 3.01. The molecule has 0 bridgehead atoms. The molecule has 0 saturated carbocycles. The van der Waals surface area contributed by atoms with Crippen molar-refractivity contribution >= 4 is 38.9 Å². The van der Waals surface area contributed by atoms with Gasteiger partial charge < -0.3 is 14.8 Å². The number of nitrogens with one attached hydrogen (secondary N) is 1. The molecule has 1 heterocycles. The SMILES string of the molecule is COc1ccc(CNC(=O)c2sc3cc(C(F)(F)F)ccc3c2Cl)c(OC)c1. The van der Waals surface area contributed by atoms with Crippen molar-refractivity contribution in [1.82, 2.24) is 5.32 Å². The van der Waals surface area contributed by atoms with Gasteiger partial charge in [0, 0.05) is 28.3 Å². The van der Waals surface area contributed by atoms with Gasteiger partial charge in [0.15, 0.2) is 0 Å². The maximum atomic E-state index is 12.9. The predicted molar refractivity (Wildman–Crippen MR) is 103 cm³/mol. The maximum absolute atomic E-state index is 12.9. The van der Waals surface area contributed by atoms with Gasteiger partial charge in [0.25, 0.3) is 5.91 Å². The van der Waals surface area contributed by atoms with Crippen LogP contribution in [0.2, 0.25) is 5.02 Å². The van der Waals surface area contributed by atoms with Crippen molar-refractivity contribution in [3.8, 4) is 11.5 Å². The Kier molecular flexibility index (Phi) is 5.71. The maximum Gasteiger partial charge on any atom is 0.416 e. The Morgan fingerprint density at radius 3 is 2.54 bits per heavy atom. The smallest absolute Gasteiger partial charge is 0.416 e. The van der Waals surface area contributed by atoms with E-state index in [4.69, 9.17) is 21.1 Å². The zero-order chi connectivity index (χ0) is 20.5. The van der Waals surface area contributed by atoms with Gasteiger partial charge in [-0.25, -0.2) is 0 Å². The Balaban J connectivity index is 1.83. The molecule has 28 heavy (non-hydrogen) atoms. The summed E-state index contributed by atoms with van der Waals surface area (Å²) in [5.41, 5.74) is -0.0684. The standard InChI is InChI=1S/C19H15ClF3NO3S/c1-26-12-5-3-10(14(8-12)27-2)9-24-18(25)17-16(20)13-6-4-11(19(21,22)23)7-15(13)28-17/h3-8H,9H2,1-2H3,(H,24,25). The number of ether oxygens (including phenoxy) is 2. The highest BCUT2D eigenvalue weighted by molar-refractivity contribution is 7.21. The number of alkyl halides is 3. The van der Waals surface area contributed by atoms with Gasteiger partial charge in [-0.2, -0.15) is 13.2 Å². The van der Waals surface area contributed by atoms with E-state index in [0.717, 1.165) is 23.5 Å². The van der Waals surface area contributed by atoms with Crippen molar-refractivity contribution in [2.75, 3.05) is 14.2 Å². The van der Waals surface area contributed by atoms with Crippen LogP contribution in [0.5, 0.6) is 11.5 Å². The molecule has 0 aliphatic rings. The minimum absolute atomic E-state index is 0.132. The Bertz CT molecular complexity index is 1030. The van der Waals surface area contributed by atoms with Gasteiger partial charge in [0.1, 0.15) is 16.4 Å². The number of thiophene rings is 1. The van der Waals surface area contributed by atoms with Gasteiger partial charge in [-0.3, -0.25) is 4.79 Å². The van der Waals surface area contributed by atoms with Crippen LogP contribution in [0.25, 0.3) is 10.1 Å². The van der Waals surface area contributed by atoms with Crippen LogP contribution in [0.3, 0.4) is 0 Å². The molecule has 0 spiro atoms. The van der Waals surface area contributed by atoms with Crippen molar-refractivity contribution in [3.05, 3.63) is 57.4 Å². The molecule has 4 nitrogen and oxygen atoms in total. The third-order valence-electron chi connectivity index (χ3n) is 4.10. The third-order valence-corrected chi connectivity index (χ3v) is 5.75. The number of carbonyl (C=O) groups is 1. The number of amides is 1. The number of methoxy groups -OCH3 is 2. The molecular weight excluding hydrogens is 415 g/mol. The van der Waals surface area contributed by atoms with Crippen LogP contribution < -0.4 is 14.8 Å². The lowest BCUT2D eigenvalue weighted by molar-refractivity contribution is -0.137. The molecule has 0 aliphatic heterocycles. The summed E-state index contributed by atoms with van der Waals surface area (Å²) in [6.45, 7) is 0.157. The van der Waals surface area contributed by atoms with Crippen LogP contribution in [0.1, 0.15) is 20.8 Å². The van der Waals surface area contributed by atoms with E-state index >= 15 is 0 Å². The molecular formula is C19H15ClF3NO3S. The molecule has 9 heteroatoms. The fraction of sp³-hybridized carbons (Fsp3) is 0.211. The molecule has 0 saturated heterocycles. The second-order valence-corrected chi connectivity index (χ2v) is 7.24. The van der Waals surface area contributed by atoms with E-state index in [1.807, 2.05) is 0 Å². The molecule has 1 amide bonds. The number of rotatable bonds is 5. The summed E-state index contributed by atoms with van der Waals surface area (Å²) in [7, 11) is 3.03. The largest absolute Gasteiger partial charge is 0.497 e. The normalized spacial score (nSPS) is 11.5. The van der Waals surface area contributed by atoms with Crippen molar-refractivity contribution in [3.63, 3.8) is 0 Å². The number of benzene rings is 2. The zero-order valence-electron chi connectivity index (χ0n) is 14.8. The number of hydrogen-bond donors (Lipinski definition) is 1. The Morgan fingerprint density at radius 1 is 1.14 bits per heavy atom. The summed E-state index contributed by atoms with van der Waals surface area (Å²) in [6.07, 6.45) is -4.46. The highest BCUT2D eigenvalue weighted by atomic mass is 35.5. The summed E-state index contributed by atoms with van der Waals surface area (Å²) in [4.78, 5) is 12.7. The fourth-order valence-corrected chi connectivity index (χ4v) is 4.11. The molecule has 0 unspecified atom stereocenters. The lowest BCUT2D eigenvalue weighted by Crippen LogP contribution is -2.22. The van der Waals surface area contributed by atoms with Crippen LogP contribution in [0.4, 0.5) is 13.2 Å². The minimum atomic E-state index is -4.46. The number of carbonyl (C=O) groups excluding carboxylic acids is 1. The van der Waals surface area contributed by atoms with Crippen molar-refractivity contribution in [1.29, 1.82) is 0 Å². The first-order valence-corrected chi connectivity index (χ1v) is 9.22. The summed E-state index contributed by atoms with van der Waals surface area (Å²) >= 11 is 7.14. The number of hydrogen-bond acceptors (Lipinski definition) is 4. The first kappa shape index (κ1) is 20.3. The number of fused-ring (bicyclic) bond motifs is 1. The van der Waals surface area contributed by atoms with Gasteiger partial charge in [-0.05, 0) is 24.3 Å². The second kappa shape index (κ2) is 7.89. The molecule has 0 fully saturated rings. The highest BCUT2D eigenvalue weighted by Crippen LogP contribution is 2.39. The monoisotopic (exact) mass is 429 g/mol. The van der Waals surface area contributed by atoms with Gasteiger partial charge in [-0.1, -0.05) is 17.7 Å². The quantitative estimate of drug-likeness (QED) is 0.581.